The average molecular weight is 301 g/mol. The first-order valence-corrected chi connectivity index (χ1v) is 6.72. The Hall–Kier alpha value is -2.60. The molecule has 0 atom stereocenters. The lowest BCUT2D eigenvalue weighted by atomic mass is 10.1. The van der Waals surface area contributed by atoms with Crippen molar-refractivity contribution < 1.29 is 13.9 Å². The van der Waals surface area contributed by atoms with Crippen LogP contribution in [-0.2, 0) is 13.0 Å². The highest BCUT2D eigenvalue weighted by Crippen LogP contribution is 2.19. The van der Waals surface area contributed by atoms with E-state index in [-0.39, 0.29) is 18.1 Å². The first kappa shape index (κ1) is 14.3. The molecule has 4 nitrogen and oxygen atoms in total. The Balaban J connectivity index is 2.04. The van der Waals surface area contributed by atoms with Gasteiger partial charge in [-0.1, -0.05) is 29.5 Å². The molecule has 3 rings (SSSR count). The summed E-state index contributed by atoms with van der Waals surface area (Å²) in [4.78, 5) is 0. The molecule has 0 saturated heterocycles. The van der Waals surface area contributed by atoms with Crippen molar-refractivity contribution in [3.63, 3.8) is 0 Å². The molecule has 112 valence electrons. The van der Waals surface area contributed by atoms with E-state index >= 15 is 0 Å². The first-order chi connectivity index (χ1) is 10.7. The maximum absolute atomic E-state index is 14.0. The van der Waals surface area contributed by atoms with Crippen LogP contribution in [0.1, 0.15) is 17.0 Å². The quantitative estimate of drug-likeness (QED) is 0.806. The molecule has 2 aromatic carbocycles. The third-order valence-corrected chi connectivity index (χ3v) is 3.36. The van der Waals surface area contributed by atoms with E-state index in [9.17, 15) is 13.9 Å². The first-order valence-electron chi connectivity index (χ1n) is 6.72. The fourth-order valence-corrected chi connectivity index (χ4v) is 2.25. The van der Waals surface area contributed by atoms with Crippen molar-refractivity contribution in [2.75, 3.05) is 0 Å². The lowest BCUT2D eigenvalue weighted by Crippen LogP contribution is -2.06. The van der Waals surface area contributed by atoms with E-state index in [1.165, 1.54) is 22.9 Å². The average Bonchev–Trinajstić information content (AvgIpc) is 2.92. The van der Waals surface area contributed by atoms with E-state index in [0.29, 0.717) is 17.8 Å². The fraction of sp³-hybridized carbons (Fsp3) is 0.125. The van der Waals surface area contributed by atoms with Crippen molar-refractivity contribution in [2.45, 2.75) is 13.0 Å². The highest BCUT2D eigenvalue weighted by atomic mass is 19.1. The molecule has 0 saturated carbocycles. The zero-order chi connectivity index (χ0) is 15.5. The number of halogens is 2. The third kappa shape index (κ3) is 2.73. The summed E-state index contributed by atoms with van der Waals surface area (Å²) in [5.41, 5.74) is 2.01. The summed E-state index contributed by atoms with van der Waals surface area (Å²) in [5.74, 6) is -0.760. The molecule has 0 unspecified atom stereocenters. The molecule has 0 spiro atoms. The highest BCUT2D eigenvalue weighted by molar-refractivity contribution is 5.36. The topological polar surface area (TPSA) is 50.9 Å². The summed E-state index contributed by atoms with van der Waals surface area (Å²) in [6, 6.07) is 12.2. The molecule has 3 aromatic rings. The lowest BCUT2D eigenvalue weighted by Gasteiger charge is -2.08. The minimum atomic E-state index is -0.433. The maximum atomic E-state index is 14.0. The molecule has 1 N–H and O–H groups in total. The van der Waals surface area contributed by atoms with Gasteiger partial charge in [-0.3, -0.25) is 0 Å². The molecule has 1 aromatic heterocycles. The second-order valence-corrected chi connectivity index (χ2v) is 4.81. The van der Waals surface area contributed by atoms with Crippen LogP contribution in [0.4, 0.5) is 8.78 Å². The molecular formula is C16H13F2N3O. The van der Waals surface area contributed by atoms with Crippen LogP contribution in [0.15, 0.2) is 48.5 Å². The Morgan fingerprint density at radius 2 is 1.73 bits per heavy atom. The second-order valence-electron chi connectivity index (χ2n) is 4.81. The van der Waals surface area contributed by atoms with Crippen LogP contribution in [-0.4, -0.2) is 20.1 Å². The molecule has 0 bridgehead atoms. The third-order valence-electron chi connectivity index (χ3n) is 3.36. The van der Waals surface area contributed by atoms with Crippen molar-refractivity contribution in [3.8, 4) is 5.69 Å². The van der Waals surface area contributed by atoms with E-state index in [1.807, 2.05) is 0 Å². The van der Waals surface area contributed by atoms with Gasteiger partial charge in [-0.05, 0) is 29.8 Å². The van der Waals surface area contributed by atoms with Crippen LogP contribution in [0.5, 0.6) is 0 Å². The van der Waals surface area contributed by atoms with Gasteiger partial charge in [-0.2, -0.15) is 0 Å². The monoisotopic (exact) mass is 301 g/mol. The van der Waals surface area contributed by atoms with Gasteiger partial charge in [0.15, 0.2) is 0 Å². The summed E-state index contributed by atoms with van der Waals surface area (Å²) in [7, 11) is 0. The van der Waals surface area contributed by atoms with Gasteiger partial charge in [0.05, 0.1) is 12.3 Å². The molecule has 22 heavy (non-hydrogen) atoms. The van der Waals surface area contributed by atoms with Crippen molar-refractivity contribution in [1.29, 1.82) is 0 Å². The van der Waals surface area contributed by atoms with Gasteiger partial charge < -0.3 is 5.11 Å². The fourth-order valence-electron chi connectivity index (χ4n) is 2.25. The molecule has 0 aliphatic rings. The number of aliphatic hydroxyl groups is 1. The number of aliphatic hydroxyl groups excluding tert-OH is 1. The van der Waals surface area contributed by atoms with E-state index in [2.05, 4.69) is 10.3 Å². The van der Waals surface area contributed by atoms with E-state index < -0.39 is 5.82 Å². The number of nitrogens with zero attached hydrogens (tertiary/aromatic N) is 3. The number of rotatable bonds is 4. The van der Waals surface area contributed by atoms with Crippen LogP contribution >= 0.6 is 0 Å². The number of benzene rings is 2. The van der Waals surface area contributed by atoms with Crippen molar-refractivity contribution >= 4 is 0 Å². The Morgan fingerprint density at radius 3 is 2.41 bits per heavy atom. The Kier molecular flexibility index (Phi) is 3.93. The summed E-state index contributed by atoms with van der Waals surface area (Å²) < 4.78 is 28.3. The molecule has 0 aliphatic carbocycles. The summed E-state index contributed by atoms with van der Waals surface area (Å²) in [5, 5.41) is 17.2. The predicted octanol–water partition coefficient (Wildman–Crippen LogP) is 2.63. The maximum Gasteiger partial charge on any atom is 0.148 e. The van der Waals surface area contributed by atoms with E-state index in [4.69, 9.17) is 0 Å². The van der Waals surface area contributed by atoms with Gasteiger partial charge in [0, 0.05) is 6.42 Å². The zero-order valence-corrected chi connectivity index (χ0v) is 11.6. The minimum Gasteiger partial charge on any atom is -0.390 e. The zero-order valence-electron chi connectivity index (χ0n) is 11.6. The van der Waals surface area contributed by atoms with Crippen LogP contribution in [0.3, 0.4) is 0 Å². The molecule has 0 radical (unpaired) electrons. The Bertz CT molecular complexity index is 784. The smallest absolute Gasteiger partial charge is 0.148 e. The number of hydrogen-bond acceptors (Lipinski definition) is 3. The lowest BCUT2D eigenvalue weighted by molar-refractivity contribution is 0.275. The van der Waals surface area contributed by atoms with Gasteiger partial charge in [0.25, 0.3) is 0 Å². The van der Waals surface area contributed by atoms with Gasteiger partial charge in [0.2, 0.25) is 0 Å². The van der Waals surface area contributed by atoms with Gasteiger partial charge in [-0.15, -0.1) is 5.10 Å². The predicted molar refractivity (Wildman–Crippen MR) is 76.4 cm³/mol. The summed E-state index contributed by atoms with van der Waals surface area (Å²) >= 11 is 0. The standard InChI is InChI=1S/C16H13F2N3O/c17-12-7-5-11(6-8-12)9-16-14(10-22)19-20-21(16)15-4-2-1-3-13(15)18/h1-8,22H,9-10H2. The largest absolute Gasteiger partial charge is 0.390 e. The van der Waals surface area contributed by atoms with Gasteiger partial charge in [-0.25, -0.2) is 13.5 Å². The minimum absolute atomic E-state index is 0.256. The van der Waals surface area contributed by atoms with Crippen LogP contribution in [0, 0.1) is 11.6 Å². The SMILES string of the molecule is OCc1nnn(-c2ccccc2F)c1Cc1ccc(F)cc1. The van der Waals surface area contributed by atoms with Gasteiger partial charge in [0.1, 0.15) is 23.0 Å². The summed E-state index contributed by atoms with van der Waals surface area (Å²) in [6.45, 7) is -0.301. The van der Waals surface area contributed by atoms with Crippen LogP contribution < -0.4 is 0 Å². The van der Waals surface area contributed by atoms with Crippen molar-refractivity contribution in [3.05, 3.63) is 77.1 Å². The second kappa shape index (κ2) is 6.03. The van der Waals surface area contributed by atoms with E-state index in [1.54, 1.807) is 30.3 Å². The molecule has 0 amide bonds. The van der Waals surface area contributed by atoms with E-state index in [0.717, 1.165) is 5.56 Å². The van der Waals surface area contributed by atoms with Gasteiger partial charge >= 0.3 is 0 Å². The van der Waals surface area contributed by atoms with Crippen LogP contribution in [0.25, 0.3) is 5.69 Å². The van der Waals surface area contributed by atoms with Crippen LogP contribution in [0.2, 0.25) is 0 Å². The molecule has 1 heterocycles. The number of para-hydroxylation sites is 1. The molecular weight excluding hydrogens is 288 g/mol. The summed E-state index contributed by atoms with van der Waals surface area (Å²) in [6.07, 6.45) is 0.359. The van der Waals surface area contributed by atoms with Crippen molar-refractivity contribution in [2.24, 2.45) is 0 Å². The Morgan fingerprint density at radius 1 is 1.00 bits per heavy atom. The highest BCUT2D eigenvalue weighted by Gasteiger charge is 2.16. The number of hydrogen-bond donors (Lipinski definition) is 1. The van der Waals surface area contributed by atoms with Crippen molar-refractivity contribution in [1.82, 2.24) is 15.0 Å². The number of aromatic nitrogens is 3. The molecule has 0 fully saturated rings. The molecule has 0 aliphatic heterocycles. The Labute approximate surface area is 125 Å². The molecule has 6 heteroatoms. The normalized spacial score (nSPS) is 10.9.